The van der Waals surface area contributed by atoms with Crippen LogP contribution in [0.25, 0.3) is 22.0 Å². The van der Waals surface area contributed by atoms with Crippen molar-refractivity contribution >= 4 is 22.5 Å². The molecule has 0 radical (unpaired) electrons. The van der Waals surface area contributed by atoms with Gasteiger partial charge in [0.1, 0.15) is 5.82 Å². The fraction of sp³-hybridized carbons (Fsp3) is 0.222. The summed E-state index contributed by atoms with van der Waals surface area (Å²) in [4.78, 5) is 8.32. The molecule has 0 aliphatic rings. The van der Waals surface area contributed by atoms with Crippen molar-refractivity contribution in [1.29, 1.82) is 0 Å². The van der Waals surface area contributed by atoms with Gasteiger partial charge in [0.05, 0.1) is 29.3 Å². The Hall–Kier alpha value is -2.93. The van der Waals surface area contributed by atoms with Crippen LogP contribution in [0.5, 0.6) is 5.88 Å². The molecule has 3 aromatic rings. The van der Waals surface area contributed by atoms with Crippen LogP contribution in [0.4, 0.5) is 16.0 Å². The number of aliphatic hydroxyl groups excluding tert-OH is 1. The van der Waals surface area contributed by atoms with E-state index in [9.17, 15) is 9.50 Å². The van der Waals surface area contributed by atoms with E-state index in [0.29, 0.717) is 23.0 Å². The largest absolute Gasteiger partial charge is 0.477 e. The lowest BCUT2D eigenvalue weighted by Gasteiger charge is -2.14. The average molecular weight is 342 g/mol. The molecule has 0 aliphatic carbocycles. The fourth-order valence-corrected chi connectivity index (χ4v) is 2.55. The zero-order chi connectivity index (χ0) is 18.0. The molecule has 0 fully saturated rings. The molecule has 1 atom stereocenters. The third kappa shape index (κ3) is 3.61. The van der Waals surface area contributed by atoms with Crippen molar-refractivity contribution in [2.45, 2.75) is 19.4 Å². The van der Waals surface area contributed by atoms with Crippen LogP contribution in [0, 0.1) is 5.82 Å². The predicted octanol–water partition coefficient (Wildman–Crippen LogP) is 2.75. The molecule has 2 aromatic carbocycles. The van der Waals surface area contributed by atoms with Gasteiger partial charge < -0.3 is 21.3 Å². The number of fused-ring (bicyclic) bond motifs is 1. The molecule has 0 aliphatic heterocycles. The summed E-state index contributed by atoms with van der Waals surface area (Å²) in [5, 5.41) is 9.92. The maximum atomic E-state index is 13.2. The van der Waals surface area contributed by atoms with Crippen LogP contribution >= 0.6 is 0 Å². The number of anilines is 2. The van der Waals surface area contributed by atoms with Gasteiger partial charge in [-0.3, -0.25) is 0 Å². The number of rotatable bonds is 5. The van der Waals surface area contributed by atoms with Crippen molar-refractivity contribution in [2.24, 2.45) is 0 Å². The molecular weight excluding hydrogens is 323 g/mol. The van der Waals surface area contributed by atoms with E-state index in [1.54, 1.807) is 31.2 Å². The highest BCUT2D eigenvalue weighted by Gasteiger charge is 2.15. The van der Waals surface area contributed by atoms with Crippen LogP contribution in [-0.4, -0.2) is 27.8 Å². The number of hydrogen-bond donors (Lipinski definition) is 3. The Morgan fingerprint density at radius 1 is 1.12 bits per heavy atom. The van der Waals surface area contributed by atoms with Gasteiger partial charge in [0, 0.05) is 12.0 Å². The SMILES string of the molecule is CC(O)CCOc1nc(N)nc2ccc(-c3ccc(F)cc3)c(N)c12. The first kappa shape index (κ1) is 16.9. The van der Waals surface area contributed by atoms with Gasteiger partial charge in [0.15, 0.2) is 0 Å². The molecule has 25 heavy (non-hydrogen) atoms. The first-order valence-electron chi connectivity index (χ1n) is 7.88. The highest BCUT2D eigenvalue weighted by molar-refractivity contribution is 6.02. The zero-order valence-electron chi connectivity index (χ0n) is 13.7. The second-order valence-corrected chi connectivity index (χ2v) is 5.80. The first-order chi connectivity index (χ1) is 12.0. The van der Waals surface area contributed by atoms with Gasteiger partial charge in [0.25, 0.3) is 0 Å². The van der Waals surface area contributed by atoms with Crippen LogP contribution in [0.15, 0.2) is 36.4 Å². The molecular formula is C18H19FN4O2. The van der Waals surface area contributed by atoms with Crippen LogP contribution in [0.1, 0.15) is 13.3 Å². The molecule has 0 saturated carbocycles. The monoisotopic (exact) mass is 342 g/mol. The highest BCUT2D eigenvalue weighted by atomic mass is 19.1. The van der Waals surface area contributed by atoms with E-state index < -0.39 is 6.10 Å². The highest BCUT2D eigenvalue weighted by Crippen LogP contribution is 2.36. The number of aliphatic hydroxyl groups is 1. The number of hydrogen-bond acceptors (Lipinski definition) is 6. The molecule has 130 valence electrons. The summed E-state index contributed by atoms with van der Waals surface area (Å²) >= 11 is 0. The van der Waals surface area contributed by atoms with Crippen molar-refractivity contribution in [1.82, 2.24) is 9.97 Å². The molecule has 1 aromatic heterocycles. The molecule has 1 heterocycles. The Bertz CT molecular complexity index is 898. The molecule has 0 spiro atoms. The molecule has 0 bridgehead atoms. The zero-order valence-corrected chi connectivity index (χ0v) is 13.7. The van der Waals surface area contributed by atoms with E-state index in [-0.39, 0.29) is 24.3 Å². The van der Waals surface area contributed by atoms with Gasteiger partial charge in [0.2, 0.25) is 11.8 Å². The van der Waals surface area contributed by atoms with Crippen molar-refractivity contribution in [3.63, 3.8) is 0 Å². The number of halogens is 1. The number of ether oxygens (including phenoxy) is 1. The van der Waals surface area contributed by atoms with Crippen molar-refractivity contribution in [3.8, 4) is 17.0 Å². The Morgan fingerprint density at radius 2 is 1.84 bits per heavy atom. The minimum Gasteiger partial charge on any atom is -0.477 e. The number of nitrogens with zero attached hydrogens (tertiary/aromatic N) is 2. The van der Waals surface area contributed by atoms with E-state index in [4.69, 9.17) is 16.2 Å². The van der Waals surface area contributed by atoms with Gasteiger partial charge >= 0.3 is 0 Å². The van der Waals surface area contributed by atoms with Crippen molar-refractivity contribution in [3.05, 3.63) is 42.2 Å². The van der Waals surface area contributed by atoms with Gasteiger partial charge in [-0.2, -0.15) is 4.98 Å². The summed E-state index contributed by atoms with van der Waals surface area (Å²) in [6.07, 6.45) is -0.0410. The minimum atomic E-state index is -0.488. The lowest BCUT2D eigenvalue weighted by atomic mass is 10.0. The summed E-state index contributed by atoms with van der Waals surface area (Å²) < 4.78 is 18.8. The Morgan fingerprint density at radius 3 is 2.52 bits per heavy atom. The minimum absolute atomic E-state index is 0.0773. The molecule has 5 N–H and O–H groups in total. The third-order valence-corrected chi connectivity index (χ3v) is 3.82. The smallest absolute Gasteiger partial charge is 0.228 e. The second-order valence-electron chi connectivity index (χ2n) is 5.80. The maximum absolute atomic E-state index is 13.2. The summed E-state index contributed by atoms with van der Waals surface area (Å²) in [5.74, 6) is 0.0273. The summed E-state index contributed by atoms with van der Waals surface area (Å²) in [6, 6.07) is 9.62. The Labute approximate surface area is 144 Å². The average Bonchev–Trinajstić information content (AvgIpc) is 2.55. The van der Waals surface area contributed by atoms with Crippen LogP contribution in [0.3, 0.4) is 0 Å². The normalized spacial score (nSPS) is 12.3. The van der Waals surface area contributed by atoms with Gasteiger partial charge in [-0.05, 0) is 30.7 Å². The number of nitrogens with two attached hydrogens (primary N) is 2. The van der Waals surface area contributed by atoms with E-state index in [1.165, 1.54) is 12.1 Å². The molecule has 6 nitrogen and oxygen atoms in total. The maximum Gasteiger partial charge on any atom is 0.228 e. The Balaban J connectivity index is 2.09. The lowest BCUT2D eigenvalue weighted by Crippen LogP contribution is -2.10. The van der Waals surface area contributed by atoms with Gasteiger partial charge in [-0.15, -0.1) is 0 Å². The van der Waals surface area contributed by atoms with E-state index in [2.05, 4.69) is 9.97 Å². The number of benzene rings is 2. The van der Waals surface area contributed by atoms with Crippen LogP contribution < -0.4 is 16.2 Å². The molecule has 7 heteroatoms. The van der Waals surface area contributed by atoms with Crippen molar-refractivity contribution in [2.75, 3.05) is 18.1 Å². The molecule has 3 rings (SSSR count). The summed E-state index contributed by atoms with van der Waals surface area (Å²) in [7, 11) is 0. The quantitative estimate of drug-likeness (QED) is 0.615. The summed E-state index contributed by atoms with van der Waals surface area (Å²) in [6.45, 7) is 1.94. The third-order valence-electron chi connectivity index (χ3n) is 3.82. The molecule has 1 unspecified atom stereocenters. The van der Waals surface area contributed by atoms with Gasteiger partial charge in [-0.25, -0.2) is 9.37 Å². The fourth-order valence-electron chi connectivity index (χ4n) is 2.55. The predicted molar refractivity (Wildman–Crippen MR) is 95.5 cm³/mol. The number of nitrogen functional groups attached to an aromatic ring is 2. The lowest BCUT2D eigenvalue weighted by molar-refractivity contribution is 0.154. The standard InChI is InChI=1S/C18H19FN4O2/c1-10(24)8-9-25-17-15-14(22-18(21)23-17)7-6-13(16(15)20)11-2-4-12(19)5-3-11/h2-7,10,24H,8-9,20H2,1H3,(H2,21,22,23). The van der Waals surface area contributed by atoms with Crippen LogP contribution in [0.2, 0.25) is 0 Å². The first-order valence-corrected chi connectivity index (χ1v) is 7.88. The van der Waals surface area contributed by atoms with E-state index in [1.807, 2.05) is 0 Å². The Kier molecular flexibility index (Phi) is 4.67. The topological polar surface area (TPSA) is 107 Å². The molecule has 0 amide bonds. The molecule has 0 saturated heterocycles. The van der Waals surface area contributed by atoms with Crippen molar-refractivity contribution < 1.29 is 14.2 Å². The van der Waals surface area contributed by atoms with E-state index >= 15 is 0 Å². The summed E-state index contributed by atoms with van der Waals surface area (Å²) in [5.41, 5.74) is 14.5. The second kappa shape index (κ2) is 6.90. The van der Waals surface area contributed by atoms with Crippen LogP contribution in [-0.2, 0) is 0 Å². The van der Waals surface area contributed by atoms with E-state index in [0.717, 1.165) is 11.1 Å². The number of aromatic nitrogens is 2. The van der Waals surface area contributed by atoms with Gasteiger partial charge in [-0.1, -0.05) is 18.2 Å².